The van der Waals surface area contributed by atoms with Crippen molar-refractivity contribution in [3.05, 3.63) is 11.7 Å². The van der Waals surface area contributed by atoms with Crippen LogP contribution >= 0.6 is 0 Å². The fraction of sp³-hybridized carbons (Fsp3) is 0.786. The van der Waals surface area contributed by atoms with Gasteiger partial charge < -0.3 is 20.4 Å². The SMILES string of the molecule is CC1(C)OB(C(C=NC2CCNCC2)=CN)OC1(C)C. The van der Waals surface area contributed by atoms with E-state index >= 15 is 0 Å². The zero-order valence-electron chi connectivity index (χ0n) is 13.0. The highest BCUT2D eigenvalue weighted by molar-refractivity contribution is 6.60. The molecule has 0 aliphatic carbocycles. The minimum Gasteiger partial charge on any atom is -0.405 e. The molecule has 0 radical (unpaired) electrons. The summed E-state index contributed by atoms with van der Waals surface area (Å²) in [7, 11) is -0.435. The molecule has 0 amide bonds. The van der Waals surface area contributed by atoms with Crippen LogP contribution in [0.3, 0.4) is 0 Å². The predicted molar refractivity (Wildman–Crippen MR) is 82.7 cm³/mol. The van der Waals surface area contributed by atoms with Crippen LogP contribution in [0.5, 0.6) is 0 Å². The van der Waals surface area contributed by atoms with Gasteiger partial charge in [-0.2, -0.15) is 0 Å². The molecule has 0 aromatic heterocycles. The van der Waals surface area contributed by atoms with Gasteiger partial charge >= 0.3 is 7.12 Å². The Labute approximate surface area is 122 Å². The molecule has 2 saturated heterocycles. The van der Waals surface area contributed by atoms with Gasteiger partial charge in [0.05, 0.1) is 17.2 Å². The third kappa shape index (κ3) is 3.24. The van der Waals surface area contributed by atoms with Gasteiger partial charge in [-0.15, -0.1) is 0 Å². The van der Waals surface area contributed by atoms with E-state index in [9.17, 15) is 0 Å². The number of hydrogen-bond acceptors (Lipinski definition) is 5. The first kappa shape index (κ1) is 15.5. The second-order valence-corrected chi connectivity index (χ2v) is 6.51. The van der Waals surface area contributed by atoms with Gasteiger partial charge in [-0.25, -0.2) is 0 Å². The van der Waals surface area contributed by atoms with Crippen LogP contribution in [-0.2, 0) is 9.31 Å². The van der Waals surface area contributed by atoms with Crippen molar-refractivity contribution in [2.24, 2.45) is 10.7 Å². The molecule has 0 aromatic rings. The summed E-state index contributed by atoms with van der Waals surface area (Å²) in [5, 5.41) is 3.33. The third-order valence-corrected chi connectivity index (χ3v) is 4.46. The Balaban J connectivity index is 2.01. The molecule has 0 spiro atoms. The first-order chi connectivity index (χ1) is 9.36. The maximum atomic E-state index is 5.98. The Morgan fingerprint density at radius 1 is 1.20 bits per heavy atom. The Bertz CT molecular complexity index is 385. The summed E-state index contributed by atoms with van der Waals surface area (Å²) in [6.45, 7) is 10.2. The van der Waals surface area contributed by atoms with Crippen molar-refractivity contribution in [1.29, 1.82) is 0 Å². The van der Waals surface area contributed by atoms with E-state index in [1.807, 2.05) is 33.9 Å². The average molecular weight is 279 g/mol. The van der Waals surface area contributed by atoms with Crippen LogP contribution in [0.15, 0.2) is 16.7 Å². The quantitative estimate of drug-likeness (QED) is 0.603. The summed E-state index contributed by atoms with van der Waals surface area (Å²) in [6.07, 6.45) is 5.49. The first-order valence-electron chi connectivity index (χ1n) is 7.37. The molecule has 2 aliphatic rings. The highest BCUT2D eigenvalue weighted by Crippen LogP contribution is 2.38. The van der Waals surface area contributed by atoms with Gasteiger partial charge in [0.15, 0.2) is 0 Å². The standard InChI is InChI=1S/C14H26BN3O2/c1-13(2)14(3,4)20-15(19-13)11(9-16)10-18-12-5-7-17-8-6-12/h9-10,12,17H,5-8,16H2,1-4H3. The number of allylic oxidation sites excluding steroid dienone is 1. The smallest absolute Gasteiger partial charge is 0.405 e. The molecule has 2 aliphatic heterocycles. The third-order valence-electron chi connectivity index (χ3n) is 4.46. The van der Waals surface area contributed by atoms with Crippen LogP contribution in [-0.4, -0.2) is 43.7 Å². The number of piperidine rings is 1. The van der Waals surface area contributed by atoms with Gasteiger partial charge in [-0.05, 0) is 59.8 Å². The molecule has 2 heterocycles. The Morgan fingerprint density at radius 3 is 2.25 bits per heavy atom. The van der Waals surface area contributed by atoms with Crippen LogP contribution in [0.25, 0.3) is 0 Å². The van der Waals surface area contributed by atoms with E-state index in [1.165, 1.54) is 6.20 Å². The molecule has 0 aromatic carbocycles. The molecule has 0 atom stereocenters. The fourth-order valence-electron chi connectivity index (χ4n) is 2.31. The van der Waals surface area contributed by atoms with Crippen LogP contribution in [0.4, 0.5) is 0 Å². The molecule has 6 heteroatoms. The van der Waals surface area contributed by atoms with E-state index in [-0.39, 0.29) is 11.2 Å². The fourth-order valence-corrected chi connectivity index (χ4v) is 2.31. The van der Waals surface area contributed by atoms with E-state index in [2.05, 4.69) is 10.3 Å². The second-order valence-electron chi connectivity index (χ2n) is 6.51. The molecular weight excluding hydrogens is 253 g/mol. The lowest BCUT2D eigenvalue weighted by Crippen LogP contribution is -2.41. The molecule has 2 rings (SSSR count). The van der Waals surface area contributed by atoms with Crippen molar-refractivity contribution >= 4 is 13.3 Å². The normalized spacial score (nSPS) is 27.4. The van der Waals surface area contributed by atoms with Crippen molar-refractivity contribution in [1.82, 2.24) is 5.32 Å². The topological polar surface area (TPSA) is 68.9 Å². The maximum absolute atomic E-state index is 5.98. The first-order valence-corrected chi connectivity index (χ1v) is 7.37. The summed E-state index contributed by atoms with van der Waals surface area (Å²) in [4.78, 5) is 4.62. The van der Waals surface area contributed by atoms with Crippen molar-refractivity contribution in [3.8, 4) is 0 Å². The lowest BCUT2D eigenvalue weighted by molar-refractivity contribution is 0.00578. The minimum atomic E-state index is -0.435. The number of nitrogens with one attached hydrogen (secondary N) is 1. The van der Waals surface area contributed by atoms with Crippen molar-refractivity contribution < 1.29 is 9.31 Å². The molecule has 0 saturated carbocycles. The molecule has 5 nitrogen and oxygen atoms in total. The summed E-state index contributed by atoms with van der Waals surface area (Å²) >= 11 is 0. The highest BCUT2D eigenvalue weighted by atomic mass is 16.7. The lowest BCUT2D eigenvalue weighted by atomic mass is 9.79. The average Bonchev–Trinajstić information content (AvgIpc) is 2.60. The largest absolute Gasteiger partial charge is 0.497 e. The monoisotopic (exact) mass is 279 g/mol. The zero-order chi connectivity index (χ0) is 14.8. The molecular formula is C14H26BN3O2. The molecule has 3 N–H and O–H groups in total. The van der Waals surface area contributed by atoms with Gasteiger partial charge in [0.1, 0.15) is 0 Å². The molecule has 20 heavy (non-hydrogen) atoms. The Kier molecular flexibility index (Phi) is 4.57. The van der Waals surface area contributed by atoms with E-state index in [0.29, 0.717) is 6.04 Å². The van der Waals surface area contributed by atoms with Crippen LogP contribution in [0.2, 0.25) is 0 Å². The zero-order valence-corrected chi connectivity index (χ0v) is 13.0. The maximum Gasteiger partial charge on any atom is 0.497 e. The van der Waals surface area contributed by atoms with E-state index < -0.39 is 7.12 Å². The summed E-state index contributed by atoms with van der Waals surface area (Å²) in [6, 6.07) is 0.369. The summed E-state index contributed by atoms with van der Waals surface area (Å²) in [5.41, 5.74) is 5.81. The predicted octanol–water partition coefficient (Wildman–Crippen LogP) is 1.28. The van der Waals surface area contributed by atoms with E-state index in [1.54, 1.807) is 0 Å². The van der Waals surface area contributed by atoms with Crippen LogP contribution in [0.1, 0.15) is 40.5 Å². The molecule has 0 bridgehead atoms. The van der Waals surface area contributed by atoms with Crippen molar-refractivity contribution in [3.63, 3.8) is 0 Å². The van der Waals surface area contributed by atoms with Gasteiger partial charge in [0, 0.05) is 11.7 Å². The number of hydrogen-bond donors (Lipinski definition) is 2. The minimum absolute atomic E-state index is 0.353. The van der Waals surface area contributed by atoms with Crippen molar-refractivity contribution in [2.75, 3.05) is 13.1 Å². The summed E-state index contributed by atoms with van der Waals surface area (Å²) < 4.78 is 12.0. The number of rotatable bonds is 3. The van der Waals surface area contributed by atoms with Gasteiger partial charge in [-0.1, -0.05) is 0 Å². The second kappa shape index (κ2) is 5.88. The Morgan fingerprint density at radius 2 is 1.75 bits per heavy atom. The number of nitrogens with zero attached hydrogens (tertiary/aromatic N) is 1. The highest BCUT2D eigenvalue weighted by Gasteiger charge is 2.52. The molecule has 0 unspecified atom stereocenters. The van der Waals surface area contributed by atoms with E-state index in [0.717, 1.165) is 31.4 Å². The summed E-state index contributed by atoms with van der Waals surface area (Å²) in [5.74, 6) is 0. The number of nitrogens with two attached hydrogens (primary N) is 1. The van der Waals surface area contributed by atoms with Gasteiger partial charge in [-0.3, -0.25) is 4.99 Å². The molecule has 112 valence electrons. The van der Waals surface area contributed by atoms with Gasteiger partial charge in [0.25, 0.3) is 0 Å². The van der Waals surface area contributed by atoms with Crippen LogP contribution in [0, 0.1) is 0 Å². The van der Waals surface area contributed by atoms with Gasteiger partial charge in [0.2, 0.25) is 0 Å². The Hall–Kier alpha value is -0.845. The van der Waals surface area contributed by atoms with Crippen LogP contribution < -0.4 is 11.1 Å². The molecule has 2 fully saturated rings. The van der Waals surface area contributed by atoms with Crippen molar-refractivity contribution in [2.45, 2.75) is 57.8 Å². The lowest BCUT2D eigenvalue weighted by Gasteiger charge is -2.32. The van der Waals surface area contributed by atoms with E-state index in [4.69, 9.17) is 15.0 Å². The number of aliphatic imine (C=N–C) groups is 1.